The molecular weight excluding hydrogens is 144 g/mol. The number of nitrogens with zero attached hydrogens (tertiary/aromatic N) is 1. The third-order valence-corrected chi connectivity index (χ3v) is 1.38. The molecule has 4 heteroatoms. The van der Waals surface area contributed by atoms with Crippen molar-refractivity contribution in [3.63, 3.8) is 0 Å². The van der Waals surface area contributed by atoms with Gasteiger partial charge in [0.2, 0.25) is 0 Å². The van der Waals surface area contributed by atoms with Gasteiger partial charge >= 0.3 is 0 Å². The Morgan fingerprint density at radius 1 is 1.73 bits per heavy atom. The van der Waals surface area contributed by atoms with Gasteiger partial charge in [0.25, 0.3) is 0 Å². The summed E-state index contributed by atoms with van der Waals surface area (Å²) in [5, 5.41) is 22.7. The molecule has 1 aromatic rings. The summed E-state index contributed by atoms with van der Waals surface area (Å²) in [6.07, 6.45) is 1.75. The van der Waals surface area contributed by atoms with E-state index in [1.54, 1.807) is 7.05 Å². The number of aliphatic hydroxyl groups excluding tert-OH is 1. The molecule has 0 aliphatic rings. The van der Waals surface area contributed by atoms with Gasteiger partial charge < -0.3 is 10.2 Å². The van der Waals surface area contributed by atoms with Crippen LogP contribution in [0.15, 0.2) is 18.5 Å². The molecular formula is C7H9N2O2-. The predicted octanol–water partition coefficient (Wildman–Crippen LogP) is -0.635. The van der Waals surface area contributed by atoms with E-state index in [0.717, 1.165) is 0 Å². The van der Waals surface area contributed by atoms with Crippen LogP contribution in [-0.2, 0) is 0 Å². The maximum Gasteiger partial charge on any atom is 0.130 e. The molecule has 0 unspecified atom stereocenters. The van der Waals surface area contributed by atoms with Gasteiger partial charge in [0.1, 0.15) is 6.23 Å². The molecule has 1 aromatic heterocycles. The highest BCUT2D eigenvalue weighted by Crippen LogP contribution is 2.16. The van der Waals surface area contributed by atoms with Crippen molar-refractivity contribution in [2.45, 2.75) is 6.23 Å². The van der Waals surface area contributed by atoms with E-state index >= 15 is 0 Å². The molecule has 0 radical (unpaired) electrons. The molecule has 1 rings (SSSR count). The monoisotopic (exact) mass is 153 g/mol. The summed E-state index contributed by atoms with van der Waals surface area (Å²) in [7, 11) is 1.57. The Morgan fingerprint density at radius 3 is 3.00 bits per heavy atom. The Bertz CT molecular complexity index is 240. The van der Waals surface area contributed by atoms with Gasteiger partial charge in [-0.2, -0.15) is 0 Å². The van der Waals surface area contributed by atoms with Gasteiger partial charge in [-0.25, -0.2) is 0 Å². The Hall–Kier alpha value is -1.13. The average molecular weight is 153 g/mol. The average Bonchev–Trinajstić information content (AvgIpc) is 2.04. The van der Waals surface area contributed by atoms with Crippen molar-refractivity contribution >= 4 is 0 Å². The lowest BCUT2D eigenvalue weighted by Crippen LogP contribution is -2.17. The molecule has 0 spiro atoms. The fourth-order valence-electron chi connectivity index (χ4n) is 0.772. The highest BCUT2D eigenvalue weighted by Gasteiger charge is 2.02. The molecule has 1 atom stereocenters. The molecule has 60 valence electrons. The lowest BCUT2D eigenvalue weighted by Gasteiger charge is -2.16. The largest absolute Gasteiger partial charge is 0.871 e. The normalized spacial score (nSPS) is 12.9. The molecule has 0 bridgehead atoms. The van der Waals surface area contributed by atoms with Crippen LogP contribution < -0.4 is 10.4 Å². The van der Waals surface area contributed by atoms with E-state index in [4.69, 9.17) is 0 Å². The zero-order chi connectivity index (χ0) is 8.27. The van der Waals surface area contributed by atoms with Crippen molar-refractivity contribution < 1.29 is 10.2 Å². The second-order valence-corrected chi connectivity index (χ2v) is 2.10. The van der Waals surface area contributed by atoms with Crippen molar-refractivity contribution in [1.29, 1.82) is 0 Å². The summed E-state index contributed by atoms with van der Waals surface area (Å²) in [5.41, 5.74) is 0.322. The van der Waals surface area contributed by atoms with E-state index in [9.17, 15) is 10.2 Å². The number of hydrogen-bond donors (Lipinski definition) is 2. The van der Waals surface area contributed by atoms with Gasteiger partial charge in [0, 0.05) is 12.4 Å². The van der Waals surface area contributed by atoms with Gasteiger partial charge in [0.05, 0.1) is 0 Å². The molecule has 4 nitrogen and oxygen atoms in total. The highest BCUT2D eigenvalue weighted by molar-refractivity contribution is 5.28. The van der Waals surface area contributed by atoms with Crippen molar-refractivity contribution in [3.8, 4) is 5.75 Å². The van der Waals surface area contributed by atoms with Crippen LogP contribution in [0, 0.1) is 0 Å². The van der Waals surface area contributed by atoms with Crippen LogP contribution in [0.4, 0.5) is 0 Å². The lowest BCUT2D eigenvalue weighted by atomic mass is 10.2. The first kappa shape index (κ1) is 7.97. The third kappa shape index (κ3) is 1.66. The van der Waals surface area contributed by atoms with E-state index in [1.165, 1.54) is 18.5 Å². The summed E-state index contributed by atoms with van der Waals surface area (Å²) < 4.78 is 0. The van der Waals surface area contributed by atoms with E-state index in [0.29, 0.717) is 5.56 Å². The van der Waals surface area contributed by atoms with Crippen LogP contribution in [0.1, 0.15) is 11.8 Å². The van der Waals surface area contributed by atoms with Crippen LogP contribution in [-0.4, -0.2) is 17.1 Å². The van der Waals surface area contributed by atoms with Crippen LogP contribution >= 0.6 is 0 Å². The van der Waals surface area contributed by atoms with Crippen LogP contribution in [0.2, 0.25) is 0 Å². The second-order valence-electron chi connectivity index (χ2n) is 2.10. The minimum Gasteiger partial charge on any atom is -0.871 e. The number of nitrogens with one attached hydrogen (secondary N) is 1. The molecule has 0 aromatic carbocycles. The zero-order valence-electron chi connectivity index (χ0n) is 6.11. The first-order valence-corrected chi connectivity index (χ1v) is 3.22. The van der Waals surface area contributed by atoms with Gasteiger partial charge in [0.15, 0.2) is 0 Å². The molecule has 0 amide bonds. The van der Waals surface area contributed by atoms with Gasteiger partial charge in [-0.15, -0.1) is 0 Å². The highest BCUT2D eigenvalue weighted by atomic mass is 16.3. The molecule has 0 fully saturated rings. The number of aromatic nitrogens is 1. The smallest absolute Gasteiger partial charge is 0.130 e. The van der Waals surface area contributed by atoms with Gasteiger partial charge in [-0.3, -0.25) is 10.3 Å². The Balaban J connectivity index is 2.93. The minimum atomic E-state index is -0.898. The fraction of sp³-hybridized carbons (Fsp3) is 0.286. The maximum absolute atomic E-state index is 11.0. The lowest BCUT2D eigenvalue weighted by molar-refractivity contribution is -0.271. The Labute approximate surface area is 64.5 Å². The molecule has 0 aliphatic carbocycles. The van der Waals surface area contributed by atoms with E-state index < -0.39 is 6.23 Å². The second kappa shape index (κ2) is 3.32. The SMILES string of the molecule is CN[C@@H](O)c1ccncc1[O-]. The summed E-state index contributed by atoms with van der Waals surface area (Å²) in [5.74, 6) is -0.255. The first-order valence-electron chi connectivity index (χ1n) is 3.22. The fourth-order valence-corrected chi connectivity index (χ4v) is 0.772. The standard InChI is InChI=1S/C7H10N2O2/c1-8-7(11)5-2-3-9-4-6(5)10/h2-4,7-8,10-11H,1H3/p-1/t7-/m0/s1. The molecule has 2 N–H and O–H groups in total. The van der Waals surface area contributed by atoms with E-state index in [2.05, 4.69) is 10.3 Å². The molecule has 11 heavy (non-hydrogen) atoms. The van der Waals surface area contributed by atoms with Crippen molar-refractivity contribution in [2.24, 2.45) is 0 Å². The summed E-state index contributed by atoms with van der Waals surface area (Å²) in [6.45, 7) is 0. The van der Waals surface area contributed by atoms with Gasteiger partial charge in [-0.1, -0.05) is 5.75 Å². The quantitative estimate of drug-likeness (QED) is 0.555. The van der Waals surface area contributed by atoms with Crippen molar-refractivity contribution in [1.82, 2.24) is 10.3 Å². The third-order valence-electron chi connectivity index (χ3n) is 1.38. The summed E-state index contributed by atoms with van der Waals surface area (Å²) in [4.78, 5) is 3.61. The van der Waals surface area contributed by atoms with Crippen LogP contribution in [0.25, 0.3) is 0 Å². The Morgan fingerprint density at radius 2 is 2.45 bits per heavy atom. The molecule has 1 heterocycles. The summed E-state index contributed by atoms with van der Waals surface area (Å²) >= 11 is 0. The van der Waals surface area contributed by atoms with Crippen molar-refractivity contribution in [2.75, 3.05) is 7.05 Å². The van der Waals surface area contributed by atoms with Crippen molar-refractivity contribution in [3.05, 3.63) is 24.0 Å². The predicted molar refractivity (Wildman–Crippen MR) is 37.7 cm³/mol. The number of rotatable bonds is 2. The molecule has 0 saturated heterocycles. The van der Waals surface area contributed by atoms with E-state index in [-0.39, 0.29) is 5.75 Å². The number of aliphatic hydroxyl groups is 1. The Kier molecular flexibility index (Phi) is 2.40. The number of hydrogen-bond acceptors (Lipinski definition) is 4. The van der Waals surface area contributed by atoms with Gasteiger partial charge in [-0.05, 0) is 18.7 Å². The van der Waals surface area contributed by atoms with Crippen LogP contribution in [0.5, 0.6) is 5.75 Å². The zero-order valence-corrected chi connectivity index (χ0v) is 6.11. The van der Waals surface area contributed by atoms with E-state index in [1.807, 2.05) is 0 Å². The maximum atomic E-state index is 11.0. The summed E-state index contributed by atoms with van der Waals surface area (Å²) in [6, 6.07) is 1.49. The topological polar surface area (TPSA) is 68.2 Å². The number of pyridine rings is 1. The molecule has 0 aliphatic heterocycles. The molecule has 0 saturated carbocycles. The minimum absolute atomic E-state index is 0.255. The van der Waals surface area contributed by atoms with Crippen LogP contribution in [0.3, 0.4) is 0 Å². The first-order chi connectivity index (χ1) is 5.25.